The molecule has 0 spiro atoms. The molecule has 3 rings (SSSR count). The van der Waals surface area contributed by atoms with E-state index in [1.807, 2.05) is 36.0 Å². The molecule has 3 aromatic carbocycles. The quantitative estimate of drug-likeness (QED) is 0.469. The van der Waals surface area contributed by atoms with Gasteiger partial charge in [0.15, 0.2) is 0 Å². The van der Waals surface area contributed by atoms with Gasteiger partial charge in [0.05, 0.1) is 6.04 Å². The van der Waals surface area contributed by atoms with Crippen LogP contribution in [0.2, 0.25) is 0 Å². The first kappa shape index (κ1) is 20.2. The van der Waals surface area contributed by atoms with Gasteiger partial charge >= 0.3 is 0 Å². The summed E-state index contributed by atoms with van der Waals surface area (Å²) in [6.45, 7) is 6.26. The van der Waals surface area contributed by atoms with E-state index in [0.29, 0.717) is 5.56 Å². The van der Waals surface area contributed by atoms with E-state index < -0.39 is 0 Å². The summed E-state index contributed by atoms with van der Waals surface area (Å²) in [5.74, 6) is 0.872. The fourth-order valence-electron chi connectivity index (χ4n) is 3.01. The van der Waals surface area contributed by atoms with Crippen LogP contribution in [0.25, 0.3) is 0 Å². The van der Waals surface area contributed by atoms with Gasteiger partial charge < -0.3 is 5.32 Å². The van der Waals surface area contributed by atoms with Crippen LogP contribution >= 0.6 is 11.8 Å². The van der Waals surface area contributed by atoms with E-state index in [1.165, 1.54) is 21.6 Å². The predicted octanol–water partition coefficient (Wildman–Crippen LogP) is 6.48. The van der Waals surface area contributed by atoms with Crippen LogP contribution in [0, 0.1) is 13.8 Å². The summed E-state index contributed by atoms with van der Waals surface area (Å²) in [5, 5.41) is 3.16. The molecule has 1 atom stereocenters. The molecule has 1 N–H and O–H groups in total. The Hall–Kier alpha value is -2.52. The summed E-state index contributed by atoms with van der Waals surface area (Å²) >= 11 is 1.81. The van der Waals surface area contributed by atoms with E-state index in [4.69, 9.17) is 0 Å². The molecule has 1 amide bonds. The van der Waals surface area contributed by atoms with Gasteiger partial charge in [0.2, 0.25) is 0 Å². The van der Waals surface area contributed by atoms with Gasteiger partial charge in [0.1, 0.15) is 0 Å². The number of hydrogen-bond donors (Lipinski definition) is 1. The third kappa shape index (κ3) is 5.49. The monoisotopic (exact) mass is 389 g/mol. The van der Waals surface area contributed by atoms with Crippen LogP contribution in [0.4, 0.5) is 0 Å². The lowest BCUT2D eigenvalue weighted by molar-refractivity contribution is 0.0935. The number of nitrogens with one attached hydrogen (secondary N) is 1. The minimum absolute atomic E-state index is 0.0230. The molecule has 2 nitrogen and oxygen atoms in total. The molecular weight excluding hydrogens is 362 g/mol. The Bertz CT molecular complexity index is 899. The Labute approximate surface area is 172 Å². The van der Waals surface area contributed by atoms with Crippen molar-refractivity contribution in [2.45, 2.75) is 43.9 Å². The highest BCUT2D eigenvalue weighted by molar-refractivity contribution is 7.98. The zero-order chi connectivity index (χ0) is 19.9. The Balaban J connectivity index is 1.59. The minimum atomic E-state index is -0.0230. The zero-order valence-electron chi connectivity index (χ0n) is 16.7. The third-order valence-electron chi connectivity index (χ3n) is 4.84. The molecule has 0 unspecified atom stereocenters. The number of amides is 1. The van der Waals surface area contributed by atoms with Gasteiger partial charge in [-0.15, -0.1) is 11.8 Å². The van der Waals surface area contributed by atoms with Crippen molar-refractivity contribution in [1.29, 1.82) is 0 Å². The minimum Gasteiger partial charge on any atom is -0.345 e. The first-order valence-corrected chi connectivity index (χ1v) is 10.7. The van der Waals surface area contributed by atoms with Crippen molar-refractivity contribution < 1.29 is 4.79 Å². The van der Waals surface area contributed by atoms with Gasteiger partial charge in [-0.05, 0) is 55.7 Å². The lowest BCUT2D eigenvalue weighted by Gasteiger charge is -2.18. The number of benzene rings is 3. The molecule has 0 bridgehead atoms. The summed E-state index contributed by atoms with van der Waals surface area (Å²) in [7, 11) is 0. The number of rotatable bonds is 7. The van der Waals surface area contributed by atoms with Crippen molar-refractivity contribution in [2.24, 2.45) is 0 Å². The molecule has 3 heteroatoms. The van der Waals surface area contributed by atoms with Gasteiger partial charge in [-0.2, -0.15) is 0 Å². The zero-order valence-corrected chi connectivity index (χ0v) is 17.6. The summed E-state index contributed by atoms with van der Waals surface area (Å²) in [6.07, 6.45) is 0.861. The van der Waals surface area contributed by atoms with Crippen LogP contribution in [0.5, 0.6) is 0 Å². The Morgan fingerprint density at radius 3 is 2.00 bits per heavy atom. The molecule has 144 valence electrons. The Morgan fingerprint density at radius 2 is 1.43 bits per heavy atom. The Kier molecular flexibility index (Phi) is 6.94. The van der Waals surface area contributed by atoms with Gasteiger partial charge in [0, 0.05) is 16.2 Å². The van der Waals surface area contributed by atoms with E-state index in [0.717, 1.165) is 17.7 Å². The van der Waals surface area contributed by atoms with Crippen LogP contribution in [0.3, 0.4) is 0 Å². The normalized spacial score (nSPS) is 11.8. The molecule has 0 radical (unpaired) electrons. The van der Waals surface area contributed by atoms with Crippen LogP contribution in [-0.2, 0) is 5.75 Å². The average molecular weight is 390 g/mol. The standard InChI is InChI=1S/C25H27NOS/c1-4-24(21-11-5-18(2)6-12-21)26-25(27)22-13-9-20(10-14-22)17-28-23-15-7-19(3)8-16-23/h5-16,24H,4,17H2,1-3H3,(H,26,27)/t24-/m1/s1. The van der Waals surface area contributed by atoms with Crippen molar-refractivity contribution in [3.05, 3.63) is 101 Å². The summed E-state index contributed by atoms with van der Waals surface area (Å²) in [6, 6.07) is 24.9. The number of thioether (sulfide) groups is 1. The summed E-state index contributed by atoms with van der Waals surface area (Å²) in [5.41, 5.74) is 5.56. The van der Waals surface area contributed by atoms with Crippen LogP contribution < -0.4 is 5.32 Å². The van der Waals surface area contributed by atoms with E-state index in [1.54, 1.807) is 0 Å². The SMILES string of the molecule is CC[C@@H](NC(=O)c1ccc(CSc2ccc(C)cc2)cc1)c1ccc(C)cc1. The van der Waals surface area contributed by atoms with Crippen molar-refractivity contribution in [1.82, 2.24) is 5.32 Å². The fraction of sp³-hybridized carbons (Fsp3) is 0.240. The van der Waals surface area contributed by atoms with Crippen LogP contribution in [0.1, 0.15) is 52.0 Å². The first-order valence-electron chi connectivity index (χ1n) is 9.71. The maximum atomic E-state index is 12.7. The first-order chi connectivity index (χ1) is 13.5. The maximum absolute atomic E-state index is 12.7. The number of carbonyl (C=O) groups is 1. The lowest BCUT2D eigenvalue weighted by Crippen LogP contribution is -2.28. The number of carbonyl (C=O) groups excluding carboxylic acids is 1. The molecule has 3 aromatic rings. The molecule has 0 aliphatic heterocycles. The highest BCUT2D eigenvalue weighted by Gasteiger charge is 2.14. The van der Waals surface area contributed by atoms with E-state index in [2.05, 4.69) is 74.6 Å². The second kappa shape index (κ2) is 9.61. The average Bonchev–Trinajstić information content (AvgIpc) is 2.72. The lowest BCUT2D eigenvalue weighted by atomic mass is 10.0. The van der Waals surface area contributed by atoms with Gasteiger partial charge in [0.25, 0.3) is 5.91 Å². The van der Waals surface area contributed by atoms with Gasteiger partial charge in [-0.1, -0.05) is 66.6 Å². The molecule has 0 aromatic heterocycles. The highest BCUT2D eigenvalue weighted by atomic mass is 32.2. The molecule has 0 saturated heterocycles. The number of hydrogen-bond acceptors (Lipinski definition) is 2. The van der Waals surface area contributed by atoms with Crippen molar-refractivity contribution in [2.75, 3.05) is 0 Å². The van der Waals surface area contributed by atoms with Crippen LogP contribution in [0.15, 0.2) is 77.7 Å². The molecule has 0 saturated carbocycles. The number of aryl methyl sites for hydroxylation is 2. The molecule has 0 heterocycles. The topological polar surface area (TPSA) is 29.1 Å². The van der Waals surface area contributed by atoms with E-state index in [9.17, 15) is 4.79 Å². The van der Waals surface area contributed by atoms with Crippen molar-refractivity contribution in [3.63, 3.8) is 0 Å². The molecule has 0 aliphatic rings. The summed E-state index contributed by atoms with van der Waals surface area (Å²) < 4.78 is 0. The third-order valence-corrected chi connectivity index (χ3v) is 5.92. The largest absolute Gasteiger partial charge is 0.345 e. The molecule has 0 fully saturated rings. The van der Waals surface area contributed by atoms with E-state index >= 15 is 0 Å². The fourth-order valence-corrected chi connectivity index (χ4v) is 3.87. The molecule has 0 aliphatic carbocycles. The van der Waals surface area contributed by atoms with Gasteiger partial charge in [-0.3, -0.25) is 4.79 Å². The van der Waals surface area contributed by atoms with Crippen molar-refractivity contribution >= 4 is 17.7 Å². The predicted molar refractivity (Wildman–Crippen MR) is 119 cm³/mol. The second-order valence-corrected chi connectivity index (χ2v) is 8.19. The molecule has 28 heavy (non-hydrogen) atoms. The smallest absolute Gasteiger partial charge is 0.251 e. The second-order valence-electron chi connectivity index (χ2n) is 7.14. The van der Waals surface area contributed by atoms with Crippen LogP contribution in [-0.4, -0.2) is 5.91 Å². The summed E-state index contributed by atoms with van der Waals surface area (Å²) in [4.78, 5) is 13.9. The molecular formula is C25H27NOS. The van der Waals surface area contributed by atoms with E-state index in [-0.39, 0.29) is 11.9 Å². The van der Waals surface area contributed by atoms with Gasteiger partial charge in [-0.25, -0.2) is 0 Å². The highest BCUT2D eigenvalue weighted by Crippen LogP contribution is 2.23. The van der Waals surface area contributed by atoms with Crippen molar-refractivity contribution in [3.8, 4) is 0 Å². The maximum Gasteiger partial charge on any atom is 0.251 e. The Morgan fingerprint density at radius 1 is 0.857 bits per heavy atom.